The minimum Gasteiger partial charge on any atom is -0.311 e. The van der Waals surface area contributed by atoms with E-state index in [-0.39, 0.29) is 0 Å². The first kappa shape index (κ1) is 15.8. The van der Waals surface area contributed by atoms with E-state index in [1.165, 1.54) is 62.7 Å². The number of hydrogen-bond donors (Lipinski definition) is 1. The van der Waals surface area contributed by atoms with Gasteiger partial charge < -0.3 is 5.32 Å². The van der Waals surface area contributed by atoms with Gasteiger partial charge in [0.15, 0.2) is 0 Å². The van der Waals surface area contributed by atoms with E-state index in [2.05, 4.69) is 35.8 Å². The standard InChI is InChI=1S/C18H29NS/c1-2-19-18(14-8-12-17-13-9-15-20-17)16-10-6-4-3-5-7-11-16/h9-10,13,15,18-19H,2-8,11-12,14H2,1H3/b16-10+. The minimum atomic E-state index is 0.623. The molecule has 2 heteroatoms. The third kappa shape index (κ3) is 5.41. The van der Waals surface area contributed by atoms with Crippen LogP contribution in [0.2, 0.25) is 0 Å². The molecule has 20 heavy (non-hydrogen) atoms. The predicted molar refractivity (Wildman–Crippen MR) is 90.5 cm³/mol. The molecule has 0 amide bonds. The average Bonchev–Trinajstić information content (AvgIpc) is 2.91. The van der Waals surface area contributed by atoms with Gasteiger partial charge in [-0.15, -0.1) is 11.3 Å². The summed E-state index contributed by atoms with van der Waals surface area (Å²) < 4.78 is 0. The van der Waals surface area contributed by atoms with Crippen molar-refractivity contribution in [1.82, 2.24) is 5.32 Å². The Kier molecular flexibility index (Phi) is 7.38. The zero-order valence-corrected chi connectivity index (χ0v) is 13.7. The van der Waals surface area contributed by atoms with Crippen LogP contribution in [0.25, 0.3) is 0 Å². The van der Waals surface area contributed by atoms with Crippen LogP contribution in [0.5, 0.6) is 0 Å². The van der Waals surface area contributed by atoms with Crippen LogP contribution in [-0.2, 0) is 6.42 Å². The molecule has 1 atom stereocenters. The summed E-state index contributed by atoms with van der Waals surface area (Å²) in [5.74, 6) is 0. The molecular formula is C18H29NS. The Morgan fingerprint density at radius 1 is 1.25 bits per heavy atom. The normalized spacial score (nSPS) is 20.8. The molecular weight excluding hydrogens is 262 g/mol. The summed E-state index contributed by atoms with van der Waals surface area (Å²) >= 11 is 1.89. The van der Waals surface area contributed by atoms with Gasteiger partial charge in [0.05, 0.1) is 0 Å². The van der Waals surface area contributed by atoms with E-state index in [0.29, 0.717) is 6.04 Å². The fourth-order valence-electron chi connectivity index (χ4n) is 3.13. The van der Waals surface area contributed by atoms with E-state index in [0.717, 1.165) is 6.54 Å². The number of rotatable bonds is 7. The van der Waals surface area contributed by atoms with E-state index >= 15 is 0 Å². The molecule has 0 radical (unpaired) electrons. The first-order chi connectivity index (χ1) is 9.90. The molecule has 1 aromatic heterocycles. The van der Waals surface area contributed by atoms with Gasteiger partial charge in [0, 0.05) is 10.9 Å². The maximum absolute atomic E-state index is 3.72. The second-order valence-corrected chi connectivity index (χ2v) is 6.85. The first-order valence-electron chi connectivity index (χ1n) is 8.35. The van der Waals surface area contributed by atoms with E-state index in [1.807, 2.05) is 11.3 Å². The molecule has 1 aliphatic rings. The molecule has 1 aliphatic carbocycles. The molecule has 1 heterocycles. The fraction of sp³-hybridized carbons (Fsp3) is 0.667. The topological polar surface area (TPSA) is 12.0 Å². The highest BCUT2D eigenvalue weighted by Gasteiger charge is 2.14. The number of aryl methyl sites for hydroxylation is 1. The van der Waals surface area contributed by atoms with Gasteiger partial charge in [-0.25, -0.2) is 0 Å². The predicted octanol–water partition coefficient (Wildman–Crippen LogP) is 5.33. The monoisotopic (exact) mass is 291 g/mol. The quantitative estimate of drug-likeness (QED) is 0.670. The summed E-state index contributed by atoms with van der Waals surface area (Å²) in [6.07, 6.45) is 14.6. The van der Waals surface area contributed by atoms with E-state index in [1.54, 1.807) is 5.57 Å². The molecule has 0 spiro atoms. The van der Waals surface area contributed by atoms with Gasteiger partial charge in [-0.05, 0) is 62.9 Å². The number of thiophene rings is 1. The van der Waals surface area contributed by atoms with E-state index in [9.17, 15) is 0 Å². The number of nitrogens with one attached hydrogen (secondary N) is 1. The summed E-state index contributed by atoms with van der Waals surface area (Å²) in [6.45, 7) is 3.32. The Bertz CT molecular complexity index is 380. The van der Waals surface area contributed by atoms with Crippen LogP contribution in [0, 0.1) is 0 Å². The summed E-state index contributed by atoms with van der Waals surface area (Å²) in [5.41, 5.74) is 1.69. The van der Waals surface area contributed by atoms with Gasteiger partial charge in [0.2, 0.25) is 0 Å². The highest BCUT2D eigenvalue weighted by molar-refractivity contribution is 7.09. The van der Waals surface area contributed by atoms with Crippen molar-refractivity contribution in [3.8, 4) is 0 Å². The molecule has 2 rings (SSSR count). The summed E-state index contributed by atoms with van der Waals surface area (Å²) in [4.78, 5) is 1.53. The molecule has 0 bridgehead atoms. The van der Waals surface area contributed by atoms with Crippen molar-refractivity contribution in [2.75, 3.05) is 6.54 Å². The number of likely N-dealkylation sites (N-methyl/N-ethyl adjacent to an activating group) is 1. The van der Waals surface area contributed by atoms with Crippen LogP contribution in [0.15, 0.2) is 29.2 Å². The van der Waals surface area contributed by atoms with Crippen molar-refractivity contribution in [3.63, 3.8) is 0 Å². The van der Waals surface area contributed by atoms with Crippen molar-refractivity contribution in [1.29, 1.82) is 0 Å². The van der Waals surface area contributed by atoms with Crippen LogP contribution < -0.4 is 5.32 Å². The van der Waals surface area contributed by atoms with Gasteiger partial charge in [0.1, 0.15) is 0 Å². The molecule has 112 valence electrons. The largest absolute Gasteiger partial charge is 0.311 e. The van der Waals surface area contributed by atoms with Crippen LogP contribution in [-0.4, -0.2) is 12.6 Å². The Balaban J connectivity index is 1.84. The highest BCUT2D eigenvalue weighted by Crippen LogP contribution is 2.23. The zero-order chi connectivity index (χ0) is 14.0. The van der Waals surface area contributed by atoms with E-state index < -0.39 is 0 Å². The molecule has 1 unspecified atom stereocenters. The van der Waals surface area contributed by atoms with Crippen LogP contribution in [0.3, 0.4) is 0 Å². The Labute approximate surface area is 128 Å². The van der Waals surface area contributed by atoms with Gasteiger partial charge >= 0.3 is 0 Å². The van der Waals surface area contributed by atoms with Crippen LogP contribution in [0.4, 0.5) is 0 Å². The third-order valence-corrected chi connectivity index (χ3v) is 5.16. The highest BCUT2D eigenvalue weighted by atomic mass is 32.1. The molecule has 0 aromatic carbocycles. The van der Waals surface area contributed by atoms with Crippen molar-refractivity contribution < 1.29 is 0 Å². The maximum Gasteiger partial charge on any atom is 0.0279 e. The van der Waals surface area contributed by atoms with Gasteiger partial charge in [0.25, 0.3) is 0 Å². The van der Waals surface area contributed by atoms with E-state index in [4.69, 9.17) is 0 Å². The average molecular weight is 292 g/mol. The number of hydrogen-bond acceptors (Lipinski definition) is 2. The van der Waals surface area contributed by atoms with Gasteiger partial charge in [-0.3, -0.25) is 0 Å². The third-order valence-electron chi connectivity index (χ3n) is 4.22. The van der Waals surface area contributed by atoms with Gasteiger partial charge in [-0.1, -0.05) is 37.5 Å². The number of allylic oxidation sites excluding steroid dienone is 1. The molecule has 0 saturated heterocycles. The van der Waals surface area contributed by atoms with Crippen molar-refractivity contribution in [2.45, 2.75) is 70.8 Å². The molecule has 0 aliphatic heterocycles. The zero-order valence-electron chi connectivity index (χ0n) is 12.9. The van der Waals surface area contributed by atoms with Crippen molar-refractivity contribution >= 4 is 11.3 Å². The SMILES string of the molecule is CCNC(CCCc1cccs1)/C1=C/CCCCCC1. The van der Waals surface area contributed by atoms with Crippen LogP contribution in [0.1, 0.15) is 63.2 Å². The summed E-state index contributed by atoms with van der Waals surface area (Å²) in [5, 5.41) is 5.90. The lowest BCUT2D eigenvalue weighted by atomic mass is 9.92. The minimum absolute atomic E-state index is 0.623. The molecule has 0 fully saturated rings. The first-order valence-corrected chi connectivity index (χ1v) is 9.23. The van der Waals surface area contributed by atoms with Crippen molar-refractivity contribution in [3.05, 3.63) is 34.0 Å². The molecule has 1 nitrogen and oxygen atoms in total. The van der Waals surface area contributed by atoms with Crippen molar-refractivity contribution in [2.24, 2.45) is 0 Å². The fourth-order valence-corrected chi connectivity index (χ4v) is 3.88. The second-order valence-electron chi connectivity index (χ2n) is 5.81. The second kappa shape index (κ2) is 9.36. The van der Waals surface area contributed by atoms with Gasteiger partial charge in [-0.2, -0.15) is 0 Å². The summed E-state index contributed by atoms with van der Waals surface area (Å²) in [6, 6.07) is 5.05. The summed E-state index contributed by atoms with van der Waals surface area (Å²) in [7, 11) is 0. The maximum atomic E-state index is 3.72. The molecule has 0 saturated carbocycles. The van der Waals surface area contributed by atoms with Crippen LogP contribution >= 0.6 is 11.3 Å². The lowest BCUT2D eigenvalue weighted by molar-refractivity contribution is 0.500. The molecule has 1 aromatic rings. The smallest absolute Gasteiger partial charge is 0.0279 e. The lowest BCUT2D eigenvalue weighted by Crippen LogP contribution is -2.31. The Morgan fingerprint density at radius 2 is 2.15 bits per heavy atom. The lowest BCUT2D eigenvalue weighted by Gasteiger charge is -2.23. The Morgan fingerprint density at radius 3 is 2.95 bits per heavy atom. The Hall–Kier alpha value is -0.600. The molecule has 1 N–H and O–H groups in total.